The van der Waals surface area contributed by atoms with E-state index in [9.17, 15) is 18.8 Å². The Kier molecular flexibility index (Phi) is 6.41. The Morgan fingerprint density at radius 2 is 1.63 bits per heavy atom. The van der Waals surface area contributed by atoms with Crippen molar-refractivity contribution in [2.24, 2.45) is 0 Å². The van der Waals surface area contributed by atoms with Crippen LogP contribution in [0.5, 0.6) is 0 Å². The molecule has 0 aliphatic heterocycles. The predicted octanol–water partition coefficient (Wildman–Crippen LogP) is 3.28. The van der Waals surface area contributed by atoms with Gasteiger partial charge in [-0.15, -0.1) is 0 Å². The van der Waals surface area contributed by atoms with Gasteiger partial charge in [0, 0.05) is 17.1 Å². The fraction of sp³-hybridized carbons (Fsp3) is 0.174. The molecule has 0 saturated carbocycles. The summed E-state index contributed by atoms with van der Waals surface area (Å²) in [5.74, 6) is -2.20. The second-order valence-electron chi connectivity index (χ2n) is 6.81. The van der Waals surface area contributed by atoms with Crippen LogP contribution in [-0.2, 0) is 20.7 Å². The van der Waals surface area contributed by atoms with Crippen LogP contribution in [0, 0.1) is 19.7 Å². The quantitative estimate of drug-likeness (QED) is 0.635. The maximum atomic E-state index is 13.2. The molecular weight excluding hydrogens is 387 g/mol. The number of carbonyl (C=O) groups excluding carboxylic acids is 3. The van der Waals surface area contributed by atoms with E-state index in [4.69, 9.17) is 4.74 Å². The number of aryl methyl sites for hydroxylation is 1. The average Bonchev–Trinajstić information content (AvgIpc) is 3.02. The van der Waals surface area contributed by atoms with E-state index in [-0.39, 0.29) is 12.2 Å². The Hall–Kier alpha value is -3.74. The van der Waals surface area contributed by atoms with E-state index in [1.54, 1.807) is 54.0 Å². The van der Waals surface area contributed by atoms with Crippen LogP contribution >= 0.6 is 0 Å². The smallest absolute Gasteiger partial charge is 0.340 e. The largest absolute Gasteiger partial charge is 0.452 e. The third-order valence-electron chi connectivity index (χ3n) is 4.56. The van der Waals surface area contributed by atoms with Gasteiger partial charge in [-0.25, -0.2) is 9.18 Å². The van der Waals surface area contributed by atoms with E-state index in [0.717, 1.165) is 11.3 Å². The van der Waals surface area contributed by atoms with Crippen molar-refractivity contribution in [2.45, 2.75) is 20.3 Å². The lowest BCUT2D eigenvalue weighted by Gasteiger charge is -2.10. The van der Waals surface area contributed by atoms with Gasteiger partial charge < -0.3 is 9.30 Å². The number of benzene rings is 2. The summed E-state index contributed by atoms with van der Waals surface area (Å²) in [4.78, 5) is 36.3. The molecule has 2 amide bonds. The van der Waals surface area contributed by atoms with Gasteiger partial charge in [0.15, 0.2) is 6.61 Å². The van der Waals surface area contributed by atoms with E-state index >= 15 is 0 Å². The molecular formula is C23H21FN2O4. The Morgan fingerprint density at radius 1 is 0.967 bits per heavy atom. The van der Waals surface area contributed by atoms with Gasteiger partial charge in [0.1, 0.15) is 5.82 Å². The first kappa shape index (κ1) is 21.0. The molecule has 1 heterocycles. The van der Waals surface area contributed by atoms with Crippen molar-refractivity contribution in [3.8, 4) is 5.69 Å². The number of nitrogens with zero attached hydrogens (tertiary/aromatic N) is 1. The molecule has 0 aliphatic rings. The van der Waals surface area contributed by atoms with Gasteiger partial charge in [0.2, 0.25) is 5.91 Å². The van der Waals surface area contributed by atoms with Gasteiger partial charge in [-0.2, -0.15) is 0 Å². The fourth-order valence-electron chi connectivity index (χ4n) is 3.18. The minimum Gasteiger partial charge on any atom is -0.452 e. The van der Waals surface area contributed by atoms with Crippen molar-refractivity contribution in [3.05, 3.63) is 89.0 Å². The van der Waals surface area contributed by atoms with Gasteiger partial charge in [0.25, 0.3) is 5.91 Å². The second-order valence-corrected chi connectivity index (χ2v) is 6.81. The summed E-state index contributed by atoms with van der Waals surface area (Å²) in [5, 5.41) is 2.20. The van der Waals surface area contributed by atoms with Crippen molar-refractivity contribution in [1.29, 1.82) is 0 Å². The van der Waals surface area contributed by atoms with Crippen molar-refractivity contribution >= 4 is 17.8 Å². The van der Waals surface area contributed by atoms with Crippen LogP contribution in [0.3, 0.4) is 0 Å². The second kappa shape index (κ2) is 9.17. The number of halogens is 1. The molecule has 1 N–H and O–H groups in total. The van der Waals surface area contributed by atoms with Crippen molar-refractivity contribution in [1.82, 2.24) is 9.88 Å². The van der Waals surface area contributed by atoms with Gasteiger partial charge in [-0.3, -0.25) is 14.9 Å². The summed E-state index contributed by atoms with van der Waals surface area (Å²) < 4.78 is 20.0. The highest BCUT2D eigenvalue weighted by molar-refractivity contribution is 5.98. The third kappa shape index (κ3) is 5.00. The predicted molar refractivity (Wildman–Crippen MR) is 109 cm³/mol. The van der Waals surface area contributed by atoms with Crippen LogP contribution in [0.2, 0.25) is 0 Å². The molecule has 30 heavy (non-hydrogen) atoms. The van der Waals surface area contributed by atoms with Gasteiger partial charge in [-0.05, 0) is 49.7 Å². The molecule has 3 aromatic rings. The first-order valence-corrected chi connectivity index (χ1v) is 9.34. The first-order chi connectivity index (χ1) is 14.3. The van der Waals surface area contributed by atoms with E-state index in [1.165, 1.54) is 12.1 Å². The number of ether oxygens (including phenoxy) is 1. The molecule has 7 heteroatoms. The lowest BCUT2D eigenvalue weighted by atomic mass is 10.1. The highest BCUT2D eigenvalue weighted by Gasteiger charge is 2.19. The first-order valence-electron chi connectivity index (χ1n) is 9.34. The number of esters is 1. The topological polar surface area (TPSA) is 77.4 Å². The minimum atomic E-state index is -0.698. The number of rotatable bonds is 6. The third-order valence-corrected chi connectivity index (χ3v) is 4.56. The molecule has 154 valence electrons. The Labute approximate surface area is 173 Å². The average molecular weight is 408 g/mol. The molecule has 0 saturated heterocycles. The standard InChI is InChI=1S/C23H21FN2O4/c1-15-12-20(16(2)26(15)19-10-8-18(24)9-11-19)23(29)30-14-22(28)25-21(27)13-17-6-4-3-5-7-17/h3-12H,13-14H2,1-2H3,(H,25,27,28). The molecule has 0 fully saturated rings. The summed E-state index contributed by atoms with van der Waals surface area (Å²) in [5.41, 5.74) is 3.13. The Balaban J connectivity index is 1.59. The van der Waals surface area contributed by atoms with Gasteiger partial charge in [-0.1, -0.05) is 30.3 Å². The number of aromatic nitrogens is 1. The van der Waals surface area contributed by atoms with E-state index in [0.29, 0.717) is 16.9 Å². The number of hydrogen-bond donors (Lipinski definition) is 1. The molecule has 0 unspecified atom stereocenters. The highest BCUT2D eigenvalue weighted by atomic mass is 19.1. The molecule has 0 radical (unpaired) electrons. The van der Waals surface area contributed by atoms with Crippen molar-refractivity contribution in [3.63, 3.8) is 0 Å². The zero-order valence-electron chi connectivity index (χ0n) is 16.6. The minimum absolute atomic E-state index is 0.0549. The maximum absolute atomic E-state index is 13.2. The fourth-order valence-corrected chi connectivity index (χ4v) is 3.18. The van der Waals surface area contributed by atoms with Crippen LogP contribution in [0.4, 0.5) is 4.39 Å². The van der Waals surface area contributed by atoms with E-state index in [2.05, 4.69) is 5.32 Å². The maximum Gasteiger partial charge on any atom is 0.340 e. The van der Waals surface area contributed by atoms with E-state index < -0.39 is 24.4 Å². The van der Waals surface area contributed by atoms with Crippen LogP contribution in [-0.4, -0.2) is 29.0 Å². The number of hydrogen-bond acceptors (Lipinski definition) is 4. The molecule has 0 atom stereocenters. The van der Waals surface area contributed by atoms with Crippen LogP contribution in [0.15, 0.2) is 60.7 Å². The zero-order valence-corrected chi connectivity index (χ0v) is 16.6. The SMILES string of the molecule is Cc1cc(C(=O)OCC(=O)NC(=O)Cc2ccccc2)c(C)n1-c1ccc(F)cc1. The molecule has 0 spiro atoms. The lowest BCUT2D eigenvalue weighted by molar-refractivity contribution is -0.132. The summed E-state index contributed by atoms with van der Waals surface area (Å²) in [6.07, 6.45) is 0.0549. The van der Waals surface area contributed by atoms with Gasteiger partial charge >= 0.3 is 5.97 Å². The van der Waals surface area contributed by atoms with Crippen LogP contribution < -0.4 is 5.32 Å². The molecule has 3 rings (SSSR count). The normalized spacial score (nSPS) is 10.5. The number of carbonyl (C=O) groups is 3. The molecule has 0 bridgehead atoms. The van der Waals surface area contributed by atoms with E-state index in [1.807, 2.05) is 13.0 Å². The number of amides is 2. The summed E-state index contributed by atoms with van der Waals surface area (Å²) in [7, 11) is 0. The number of imide groups is 1. The van der Waals surface area contributed by atoms with Crippen molar-refractivity contribution < 1.29 is 23.5 Å². The summed E-state index contributed by atoms with van der Waals surface area (Å²) >= 11 is 0. The highest BCUT2D eigenvalue weighted by Crippen LogP contribution is 2.21. The molecule has 1 aromatic heterocycles. The molecule has 0 aliphatic carbocycles. The Morgan fingerprint density at radius 3 is 2.30 bits per heavy atom. The van der Waals surface area contributed by atoms with Gasteiger partial charge in [0.05, 0.1) is 12.0 Å². The molecule has 2 aromatic carbocycles. The van der Waals surface area contributed by atoms with Crippen LogP contribution in [0.1, 0.15) is 27.3 Å². The monoisotopic (exact) mass is 408 g/mol. The number of nitrogens with one attached hydrogen (secondary N) is 1. The lowest BCUT2D eigenvalue weighted by Crippen LogP contribution is -2.35. The summed E-state index contributed by atoms with van der Waals surface area (Å²) in [6, 6.07) is 16.5. The summed E-state index contributed by atoms with van der Waals surface area (Å²) in [6.45, 7) is 2.97. The van der Waals surface area contributed by atoms with Crippen molar-refractivity contribution in [2.75, 3.05) is 6.61 Å². The van der Waals surface area contributed by atoms with Crippen LogP contribution in [0.25, 0.3) is 5.69 Å². The Bertz CT molecular complexity index is 1070. The molecule has 6 nitrogen and oxygen atoms in total. The zero-order chi connectivity index (χ0) is 21.7.